The molecule has 70 valence electrons. The van der Waals surface area contributed by atoms with Gasteiger partial charge in [-0.05, 0) is 0 Å². The van der Waals surface area contributed by atoms with Crippen LogP contribution in [0.25, 0.3) is 0 Å². The molecule has 14 heavy (non-hydrogen) atoms. The first-order valence-corrected chi connectivity index (χ1v) is 4.40. The van der Waals surface area contributed by atoms with E-state index in [1.54, 1.807) is 0 Å². The van der Waals surface area contributed by atoms with Crippen molar-refractivity contribution in [1.82, 2.24) is 0 Å². The Morgan fingerprint density at radius 3 is 1.29 bits per heavy atom. The third kappa shape index (κ3) is 3.05. The number of rotatable bonds is 2. The molecule has 0 saturated carbocycles. The number of benzene rings is 2. The third-order valence-corrected chi connectivity index (χ3v) is 1.93. The van der Waals surface area contributed by atoms with Crippen molar-refractivity contribution in [2.45, 2.75) is 0 Å². The van der Waals surface area contributed by atoms with Crippen molar-refractivity contribution in [3.8, 4) is 0 Å². The minimum Gasteiger partial charge on any atom is -0.126 e. The molecule has 0 amide bonds. The molecule has 0 fully saturated rings. The van der Waals surface area contributed by atoms with Crippen LogP contribution in [0.4, 0.5) is 0 Å². The zero-order chi connectivity index (χ0) is 8.93. The fraction of sp³-hybridized carbons (Fsp3) is 0. The largest absolute Gasteiger partial charge is 0.126 e. The molecule has 0 unspecified atom stereocenters. The summed E-state index contributed by atoms with van der Waals surface area (Å²) in [7, 11) is 0. The van der Waals surface area contributed by atoms with Crippen molar-refractivity contribution in [3.05, 3.63) is 78.2 Å². The van der Waals surface area contributed by atoms with Crippen LogP contribution in [-0.2, 0) is 21.1 Å². The second-order valence-electron chi connectivity index (χ2n) is 2.97. The molecule has 0 radical (unpaired) electrons. The molecule has 0 heterocycles. The molecule has 0 atom stereocenters. The fourth-order valence-electron chi connectivity index (χ4n) is 1.29. The molecule has 1 heteroatoms. The van der Waals surface area contributed by atoms with Gasteiger partial charge in [0.1, 0.15) is 0 Å². The Labute approximate surface area is 99.2 Å². The van der Waals surface area contributed by atoms with E-state index in [2.05, 4.69) is 55.0 Å². The molecule has 0 aromatic heterocycles. The molecule has 2 aromatic rings. The van der Waals surface area contributed by atoms with Crippen molar-refractivity contribution >= 4 is 0 Å². The summed E-state index contributed by atoms with van der Waals surface area (Å²) in [6.45, 7) is 0. The zero-order valence-electron chi connectivity index (χ0n) is 7.76. The molecular weight excluding hydrogens is 252 g/mol. The van der Waals surface area contributed by atoms with Gasteiger partial charge in [-0.15, -0.1) is 41.8 Å². The summed E-state index contributed by atoms with van der Waals surface area (Å²) < 4.78 is 0. The summed E-state index contributed by atoms with van der Waals surface area (Å²) in [4.78, 5) is 0. The van der Waals surface area contributed by atoms with E-state index in [4.69, 9.17) is 0 Å². The van der Waals surface area contributed by atoms with Crippen LogP contribution < -0.4 is 0 Å². The van der Waals surface area contributed by atoms with Gasteiger partial charge in [-0.1, -0.05) is 36.4 Å². The minimum absolute atomic E-state index is 0. The molecule has 2 aromatic carbocycles. The Kier molecular flexibility index (Phi) is 4.49. The van der Waals surface area contributed by atoms with Gasteiger partial charge in [0.25, 0.3) is 0 Å². The van der Waals surface area contributed by atoms with Gasteiger partial charge < -0.3 is 0 Å². The average Bonchev–Trinajstić information content (AvgIpc) is 2.21. The molecule has 0 spiro atoms. The molecule has 0 aliphatic rings. The van der Waals surface area contributed by atoms with Gasteiger partial charge in [0, 0.05) is 21.1 Å². The second kappa shape index (κ2) is 5.67. The van der Waals surface area contributed by atoms with Crippen LogP contribution >= 0.6 is 0 Å². The van der Waals surface area contributed by atoms with Crippen molar-refractivity contribution in [2.24, 2.45) is 0 Å². The van der Waals surface area contributed by atoms with Gasteiger partial charge >= 0.3 is 0 Å². The fourth-order valence-corrected chi connectivity index (χ4v) is 1.29. The van der Waals surface area contributed by atoms with Crippen LogP contribution in [0.3, 0.4) is 0 Å². The SMILES string of the molecule is [Mo].c1ccc([CH-]c2ccccc2)cc1. The maximum atomic E-state index is 2.17. The monoisotopic (exact) mass is 265 g/mol. The average molecular weight is 263 g/mol. The first-order chi connectivity index (χ1) is 6.45. The molecule has 0 aliphatic carbocycles. The number of hydrogen-bond acceptors (Lipinski definition) is 0. The topological polar surface area (TPSA) is 0 Å². The summed E-state index contributed by atoms with van der Waals surface area (Å²) in [5.74, 6) is 0. The Balaban J connectivity index is 0.000000980. The predicted octanol–water partition coefficient (Wildman–Crippen LogP) is 3.28. The first-order valence-electron chi connectivity index (χ1n) is 4.40. The summed E-state index contributed by atoms with van der Waals surface area (Å²) in [6.07, 6.45) is 2.17. The summed E-state index contributed by atoms with van der Waals surface area (Å²) in [5, 5.41) is 0. The smallest absolute Gasteiger partial charge is 0 e. The van der Waals surface area contributed by atoms with E-state index in [9.17, 15) is 0 Å². The maximum Gasteiger partial charge on any atom is 0 e. The van der Waals surface area contributed by atoms with E-state index in [1.165, 1.54) is 11.1 Å². The van der Waals surface area contributed by atoms with Gasteiger partial charge in [-0.25, -0.2) is 0 Å². The van der Waals surface area contributed by atoms with Gasteiger partial charge in [-0.2, -0.15) is 0 Å². The van der Waals surface area contributed by atoms with E-state index in [0.29, 0.717) is 0 Å². The van der Waals surface area contributed by atoms with Crippen molar-refractivity contribution in [1.29, 1.82) is 0 Å². The quantitative estimate of drug-likeness (QED) is 0.576. The van der Waals surface area contributed by atoms with Crippen LogP contribution in [0, 0.1) is 6.42 Å². The molecule has 2 rings (SSSR count). The van der Waals surface area contributed by atoms with Crippen molar-refractivity contribution in [3.63, 3.8) is 0 Å². The molecule has 0 saturated heterocycles. The van der Waals surface area contributed by atoms with Crippen LogP contribution in [0.2, 0.25) is 0 Å². The zero-order valence-corrected chi connectivity index (χ0v) is 9.77. The Bertz CT molecular complexity index is 316. The molecule has 0 N–H and O–H groups in total. The van der Waals surface area contributed by atoms with E-state index in [0.717, 1.165) is 0 Å². The van der Waals surface area contributed by atoms with Crippen LogP contribution in [0.15, 0.2) is 60.7 Å². The first kappa shape index (κ1) is 11.1. The Morgan fingerprint density at radius 1 is 0.571 bits per heavy atom. The summed E-state index contributed by atoms with van der Waals surface area (Å²) in [5.41, 5.74) is 2.49. The molecule has 0 aliphatic heterocycles. The van der Waals surface area contributed by atoms with E-state index in [-0.39, 0.29) is 21.1 Å². The van der Waals surface area contributed by atoms with Crippen LogP contribution in [0.1, 0.15) is 11.1 Å². The normalized spacial score (nSPS) is 8.86. The maximum absolute atomic E-state index is 2.17. The van der Waals surface area contributed by atoms with Crippen LogP contribution in [0.5, 0.6) is 0 Å². The van der Waals surface area contributed by atoms with Gasteiger partial charge in [0.05, 0.1) is 0 Å². The van der Waals surface area contributed by atoms with Gasteiger partial charge in [0.15, 0.2) is 0 Å². The Morgan fingerprint density at radius 2 is 0.929 bits per heavy atom. The number of hydrogen-bond donors (Lipinski definition) is 0. The summed E-state index contributed by atoms with van der Waals surface area (Å²) >= 11 is 0. The van der Waals surface area contributed by atoms with E-state index in [1.807, 2.05) is 12.1 Å². The molecule has 0 bridgehead atoms. The molecular formula is C13H11Mo-. The van der Waals surface area contributed by atoms with Crippen LogP contribution in [-0.4, -0.2) is 0 Å². The third-order valence-electron chi connectivity index (χ3n) is 1.93. The van der Waals surface area contributed by atoms with Crippen molar-refractivity contribution in [2.75, 3.05) is 0 Å². The Hall–Kier alpha value is -1.00. The van der Waals surface area contributed by atoms with Gasteiger partial charge in [-0.3, -0.25) is 0 Å². The van der Waals surface area contributed by atoms with Gasteiger partial charge in [0.2, 0.25) is 0 Å². The minimum atomic E-state index is 0. The standard InChI is InChI=1S/C13H11.Mo/c1-3-7-12(8-4-1)11-13-9-5-2-6-10-13;/h1-11H;/q-1;. The van der Waals surface area contributed by atoms with E-state index < -0.39 is 0 Å². The molecule has 0 nitrogen and oxygen atoms in total. The summed E-state index contributed by atoms with van der Waals surface area (Å²) in [6, 6.07) is 20.7. The van der Waals surface area contributed by atoms with E-state index >= 15 is 0 Å². The second-order valence-corrected chi connectivity index (χ2v) is 2.97. The predicted molar refractivity (Wildman–Crippen MR) is 55.4 cm³/mol. The van der Waals surface area contributed by atoms with Crippen molar-refractivity contribution < 1.29 is 21.1 Å².